The number of alkyl halides is 4. The Morgan fingerprint density at radius 2 is 2.13 bits per heavy atom. The second-order valence-corrected chi connectivity index (χ2v) is 3.02. The largest absolute Gasteiger partial charge is 0.574 e. The lowest BCUT2D eigenvalue weighted by Crippen LogP contribution is -2.19. The summed E-state index contributed by atoms with van der Waals surface area (Å²) in [6.45, 7) is 1.34. The van der Waals surface area contributed by atoms with Crippen molar-refractivity contribution in [2.24, 2.45) is 0 Å². The van der Waals surface area contributed by atoms with Gasteiger partial charge in [0.1, 0.15) is 11.4 Å². The van der Waals surface area contributed by atoms with Crippen molar-refractivity contribution in [2.45, 2.75) is 19.2 Å². The van der Waals surface area contributed by atoms with Crippen LogP contribution >= 0.6 is 11.6 Å². The number of aromatic hydroxyl groups is 1. The second kappa shape index (κ2) is 4.14. The zero-order valence-electron chi connectivity index (χ0n) is 7.60. The molecule has 84 valence electrons. The molecule has 0 saturated heterocycles. The Morgan fingerprint density at radius 3 is 2.60 bits per heavy atom. The molecule has 0 bridgehead atoms. The van der Waals surface area contributed by atoms with Crippen LogP contribution in [0.4, 0.5) is 13.2 Å². The third-order valence-corrected chi connectivity index (χ3v) is 1.81. The molecule has 1 rings (SSSR count). The van der Waals surface area contributed by atoms with Crippen molar-refractivity contribution >= 4 is 11.6 Å². The van der Waals surface area contributed by atoms with Crippen LogP contribution in [-0.2, 0) is 5.88 Å². The summed E-state index contributed by atoms with van der Waals surface area (Å²) in [6.07, 6.45) is -4.81. The highest BCUT2D eigenvalue weighted by Gasteiger charge is 2.32. The maximum Gasteiger partial charge on any atom is 0.574 e. The summed E-state index contributed by atoms with van der Waals surface area (Å²) in [4.78, 5) is 3.45. The van der Waals surface area contributed by atoms with Gasteiger partial charge in [0.05, 0.1) is 5.88 Å². The Bertz CT molecular complexity index is 368. The molecule has 0 aliphatic heterocycles. The molecule has 15 heavy (non-hydrogen) atoms. The first kappa shape index (κ1) is 11.9. The average molecular weight is 242 g/mol. The monoisotopic (exact) mass is 241 g/mol. The Balaban J connectivity index is 3.08. The van der Waals surface area contributed by atoms with E-state index in [1.54, 1.807) is 0 Å². The molecule has 7 heteroatoms. The van der Waals surface area contributed by atoms with E-state index in [2.05, 4.69) is 9.72 Å². The van der Waals surface area contributed by atoms with Crippen LogP contribution in [0, 0.1) is 6.92 Å². The Labute approximate surface area is 88.5 Å². The van der Waals surface area contributed by atoms with Gasteiger partial charge in [-0.1, -0.05) is 0 Å². The molecule has 0 saturated carbocycles. The highest BCUT2D eigenvalue weighted by molar-refractivity contribution is 6.17. The maximum absolute atomic E-state index is 11.9. The normalized spacial score (nSPS) is 11.5. The fraction of sp³-hybridized carbons (Fsp3) is 0.375. The third-order valence-electron chi connectivity index (χ3n) is 1.56. The molecule has 0 spiro atoms. The standard InChI is InChI=1S/C8H7ClF3NO2/c1-4-2-6(14)5(3-9)13-7(4)15-8(10,11)12/h2,14H,3H2,1H3. The highest BCUT2D eigenvalue weighted by Crippen LogP contribution is 2.28. The molecular formula is C8H7ClF3NO2. The predicted octanol–water partition coefficient (Wildman–Crippen LogP) is 2.73. The van der Waals surface area contributed by atoms with Gasteiger partial charge in [-0.3, -0.25) is 0 Å². The lowest BCUT2D eigenvalue weighted by molar-refractivity contribution is -0.276. The Hall–Kier alpha value is -1.17. The summed E-state index contributed by atoms with van der Waals surface area (Å²) in [5.41, 5.74) is 0.0280. The van der Waals surface area contributed by atoms with Crippen LogP contribution in [-0.4, -0.2) is 16.5 Å². The number of hydrogen-bond acceptors (Lipinski definition) is 3. The molecule has 0 unspecified atom stereocenters. The van der Waals surface area contributed by atoms with Gasteiger partial charge in [-0.2, -0.15) is 0 Å². The lowest BCUT2D eigenvalue weighted by Gasteiger charge is -2.11. The highest BCUT2D eigenvalue weighted by atomic mass is 35.5. The van der Waals surface area contributed by atoms with E-state index in [-0.39, 0.29) is 22.9 Å². The Morgan fingerprint density at radius 1 is 1.53 bits per heavy atom. The quantitative estimate of drug-likeness (QED) is 0.810. The molecule has 1 aromatic heterocycles. The number of halogens is 4. The molecule has 1 aromatic rings. The number of pyridine rings is 1. The molecule has 3 nitrogen and oxygen atoms in total. The van der Waals surface area contributed by atoms with Crippen molar-refractivity contribution in [3.63, 3.8) is 0 Å². The first-order chi connectivity index (χ1) is 6.83. The van der Waals surface area contributed by atoms with Crippen LogP contribution in [0.5, 0.6) is 11.6 Å². The van der Waals surface area contributed by atoms with Gasteiger partial charge in [-0.25, -0.2) is 4.98 Å². The summed E-state index contributed by atoms with van der Waals surface area (Å²) in [5, 5.41) is 9.23. The average Bonchev–Trinajstić information content (AvgIpc) is 2.07. The molecule has 0 aromatic carbocycles. The predicted molar refractivity (Wildman–Crippen MR) is 46.9 cm³/mol. The van der Waals surface area contributed by atoms with E-state index in [0.717, 1.165) is 6.07 Å². The summed E-state index contributed by atoms with van der Waals surface area (Å²) in [5.74, 6) is -1.05. The van der Waals surface area contributed by atoms with E-state index in [9.17, 15) is 18.3 Å². The van der Waals surface area contributed by atoms with Gasteiger partial charge < -0.3 is 9.84 Å². The van der Waals surface area contributed by atoms with E-state index in [4.69, 9.17) is 11.6 Å². The van der Waals surface area contributed by atoms with Crippen LogP contribution in [0.1, 0.15) is 11.3 Å². The number of nitrogens with zero attached hydrogens (tertiary/aromatic N) is 1. The fourth-order valence-electron chi connectivity index (χ4n) is 0.929. The molecule has 1 heterocycles. The van der Waals surface area contributed by atoms with Gasteiger partial charge in [0.25, 0.3) is 0 Å². The molecule has 0 atom stereocenters. The van der Waals surface area contributed by atoms with Gasteiger partial charge in [0.15, 0.2) is 0 Å². The zero-order valence-corrected chi connectivity index (χ0v) is 8.35. The molecular weight excluding hydrogens is 235 g/mol. The zero-order chi connectivity index (χ0) is 11.6. The van der Waals surface area contributed by atoms with E-state index in [1.807, 2.05) is 0 Å². The van der Waals surface area contributed by atoms with Crippen molar-refractivity contribution in [2.75, 3.05) is 0 Å². The lowest BCUT2D eigenvalue weighted by atomic mass is 10.2. The summed E-state index contributed by atoms with van der Waals surface area (Å²) >= 11 is 5.37. The Kier molecular flexibility index (Phi) is 3.28. The van der Waals surface area contributed by atoms with E-state index >= 15 is 0 Å². The van der Waals surface area contributed by atoms with Crippen molar-refractivity contribution in [3.8, 4) is 11.6 Å². The van der Waals surface area contributed by atoms with E-state index in [0.29, 0.717) is 0 Å². The van der Waals surface area contributed by atoms with Crippen LogP contribution in [0.3, 0.4) is 0 Å². The minimum Gasteiger partial charge on any atom is -0.506 e. The SMILES string of the molecule is Cc1cc(O)c(CCl)nc1OC(F)(F)F. The number of rotatable bonds is 2. The topological polar surface area (TPSA) is 42.4 Å². The van der Waals surface area contributed by atoms with Crippen LogP contribution in [0.25, 0.3) is 0 Å². The van der Waals surface area contributed by atoms with Gasteiger partial charge in [-0.15, -0.1) is 24.8 Å². The van der Waals surface area contributed by atoms with Gasteiger partial charge in [-0.05, 0) is 13.0 Å². The van der Waals surface area contributed by atoms with Crippen LogP contribution < -0.4 is 4.74 Å². The van der Waals surface area contributed by atoms with Crippen molar-refractivity contribution in [1.82, 2.24) is 4.98 Å². The second-order valence-electron chi connectivity index (χ2n) is 2.76. The first-order valence-corrected chi connectivity index (χ1v) is 4.38. The number of aromatic nitrogens is 1. The number of ether oxygens (including phenoxy) is 1. The molecule has 0 radical (unpaired) electrons. The summed E-state index contributed by atoms with van der Waals surface area (Å²) in [7, 11) is 0. The minimum absolute atomic E-state index is 0.0542. The molecule has 0 aliphatic carbocycles. The van der Waals surface area contributed by atoms with Crippen molar-refractivity contribution in [3.05, 3.63) is 17.3 Å². The molecule has 0 fully saturated rings. The van der Waals surface area contributed by atoms with Gasteiger partial charge in [0, 0.05) is 5.56 Å². The number of hydrogen-bond donors (Lipinski definition) is 1. The van der Waals surface area contributed by atoms with E-state index in [1.165, 1.54) is 6.92 Å². The maximum atomic E-state index is 11.9. The molecule has 0 aliphatic rings. The van der Waals surface area contributed by atoms with Crippen molar-refractivity contribution < 1.29 is 23.0 Å². The molecule has 0 amide bonds. The van der Waals surface area contributed by atoms with Crippen LogP contribution in [0.2, 0.25) is 0 Å². The molecule has 1 N–H and O–H groups in total. The van der Waals surface area contributed by atoms with Crippen LogP contribution in [0.15, 0.2) is 6.07 Å². The van der Waals surface area contributed by atoms with Gasteiger partial charge in [0.2, 0.25) is 5.88 Å². The minimum atomic E-state index is -4.81. The van der Waals surface area contributed by atoms with Gasteiger partial charge >= 0.3 is 6.36 Å². The summed E-state index contributed by atoms with van der Waals surface area (Å²) in [6, 6.07) is 1.12. The van der Waals surface area contributed by atoms with Crippen molar-refractivity contribution in [1.29, 1.82) is 0 Å². The fourth-order valence-corrected chi connectivity index (χ4v) is 1.13. The third kappa shape index (κ3) is 3.16. The van der Waals surface area contributed by atoms with E-state index < -0.39 is 12.2 Å². The first-order valence-electron chi connectivity index (χ1n) is 3.84. The smallest absolute Gasteiger partial charge is 0.506 e. The summed E-state index contributed by atoms with van der Waals surface area (Å²) < 4.78 is 39.3. The number of aryl methyl sites for hydroxylation is 1.